The van der Waals surface area contributed by atoms with E-state index in [4.69, 9.17) is 0 Å². The summed E-state index contributed by atoms with van der Waals surface area (Å²) in [5, 5.41) is 11.9. The number of hydrogen-bond donors (Lipinski definition) is 2. The summed E-state index contributed by atoms with van der Waals surface area (Å²) in [6.07, 6.45) is 0.162. The molecule has 1 aliphatic rings. The molecule has 1 aliphatic heterocycles. The molecule has 0 bridgehead atoms. The topological polar surface area (TPSA) is 69.6 Å². The highest BCUT2D eigenvalue weighted by molar-refractivity contribution is 9.10. The molecule has 6 heteroatoms. The first-order valence-electron chi connectivity index (χ1n) is 6.06. The number of benzene rings is 1. The van der Waals surface area contributed by atoms with E-state index in [0.717, 1.165) is 4.47 Å². The van der Waals surface area contributed by atoms with Crippen LogP contribution >= 0.6 is 15.9 Å². The van der Waals surface area contributed by atoms with E-state index in [-0.39, 0.29) is 18.4 Å². The number of β-amino-alcohol motifs (C(OH)–C–C–N with tert-alkyl or cyclic N) is 1. The zero-order chi connectivity index (χ0) is 13.8. The van der Waals surface area contributed by atoms with Gasteiger partial charge in [0.05, 0.1) is 12.6 Å². The van der Waals surface area contributed by atoms with Crippen molar-refractivity contribution in [2.75, 3.05) is 19.6 Å². The van der Waals surface area contributed by atoms with E-state index in [2.05, 4.69) is 21.2 Å². The third-order valence-corrected chi connectivity index (χ3v) is 3.50. The van der Waals surface area contributed by atoms with Crippen LogP contribution in [0.25, 0.3) is 0 Å². The zero-order valence-corrected chi connectivity index (χ0v) is 11.9. The molecule has 0 radical (unpaired) electrons. The molecule has 1 aromatic carbocycles. The fourth-order valence-electron chi connectivity index (χ4n) is 1.97. The van der Waals surface area contributed by atoms with Crippen LogP contribution in [-0.4, -0.2) is 47.6 Å². The van der Waals surface area contributed by atoms with Crippen molar-refractivity contribution in [1.29, 1.82) is 0 Å². The minimum Gasteiger partial charge on any atom is -0.391 e. The summed E-state index contributed by atoms with van der Waals surface area (Å²) < 4.78 is 0.814. The van der Waals surface area contributed by atoms with E-state index in [1.165, 1.54) is 0 Å². The first-order chi connectivity index (χ1) is 9.06. The molecule has 2 rings (SSSR count). The Morgan fingerprint density at radius 1 is 1.47 bits per heavy atom. The minimum atomic E-state index is -0.440. The van der Waals surface area contributed by atoms with Gasteiger partial charge in [0.25, 0.3) is 5.91 Å². The van der Waals surface area contributed by atoms with Crippen molar-refractivity contribution in [3.8, 4) is 0 Å². The Hall–Kier alpha value is -1.40. The number of likely N-dealkylation sites (tertiary alicyclic amines) is 1. The van der Waals surface area contributed by atoms with Gasteiger partial charge in [-0.05, 0) is 24.6 Å². The summed E-state index contributed by atoms with van der Waals surface area (Å²) in [7, 11) is 0. The van der Waals surface area contributed by atoms with Crippen LogP contribution in [0.4, 0.5) is 0 Å². The van der Waals surface area contributed by atoms with E-state index < -0.39 is 6.10 Å². The molecule has 0 spiro atoms. The highest BCUT2D eigenvalue weighted by Crippen LogP contribution is 2.11. The Balaban J connectivity index is 1.85. The molecule has 1 atom stereocenters. The van der Waals surface area contributed by atoms with Crippen LogP contribution in [0.3, 0.4) is 0 Å². The lowest BCUT2D eigenvalue weighted by atomic mass is 10.2. The maximum atomic E-state index is 11.8. The lowest BCUT2D eigenvalue weighted by Crippen LogP contribution is -2.39. The zero-order valence-electron chi connectivity index (χ0n) is 10.3. The van der Waals surface area contributed by atoms with Gasteiger partial charge in [0.2, 0.25) is 5.91 Å². The Kier molecular flexibility index (Phi) is 4.55. The standard InChI is InChI=1S/C13H15BrN2O3/c14-10-3-1-2-9(6-10)13(19)15-7-12(18)16-5-4-11(17)8-16/h1-3,6,11,17H,4-5,7-8H2,(H,15,19)/t11-/m0/s1. The van der Waals surface area contributed by atoms with Crippen molar-refractivity contribution in [1.82, 2.24) is 10.2 Å². The molecule has 1 saturated heterocycles. The van der Waals surface area contributed by atoms with E-state index in [0.29, 0.717) is 25.1 Å². The number of carbonyl (C=O) groups is 2. The molecule has 1 fully saturated rings. The lowest BCUT2D eigenvalue weighted by Gasteiger charge is -2.15. The molecule has 102 valence electrons. The van der Waals surface area contributed by atoms with Crippen LogP contribution in [0.2, 0.25) is 0 Å². The van der Waals surface area contributed by atoms with Gasteiger partial charge in [0.1, 0.15) is 0 Å². The molecule has 0 aromatic heterocycles. The highest BCUT2D eigenvalue weighted by atomic mass is 79.9. The maximum absolute atomic E-state index is 11.8. The second-order valence-electron chi connectivity index (χ2n) is 4.48. The van der Waals surface area contributed by atoms with Crippen LogP contribution < -0.4 is 5.32 Å². The number of halogens is 1. The van der Waals surface area contributed by atoms with Crippen LogP contribution in [0.15, 0.2) is 28.7 Å². The monoisotopic (exact) mass is 326 g/mol. The molecule has 1 heterocycles. The quantitative estimate of drug-likeness (QED) is 0.862. The van der Waals surface area contributed by atoms with Gasteiger partial charge in [0, 0.05) is 23.1 Å². The van der Waals surface area contributed by atoms with Crippen molar-refractivity contribution >= 4 is 27.7 Å². The van der Waals surface area contributed by atoms with E-state index >= 15 is 0 Å². The SMILES string of the molecule is O=C(NCC(=O)N1CC[C@H](O)C1)c1cccc(Br)c1. The highest BCUT2D eigenvalue weighted by Gasteiger charge is 2.24. The van der Waals surface area contributed by atoms with Crippen LogP contribution in [0.5, 0.6) is 0 Å². The van der Waals surface area contributed by atoms with Crippen LogP contribution in [0, 0.1) is 0 Å². The molecule has 1 aromatic rings. The van der Waals surface area contributed by atoms with Gasteiger partial charge in [-0.3, -0.25) is 9.59 Å². The van der Waals surface area contributed by atoms with Gasteiger partial charge in [-0.25, -0.2) is 0 Å². The third-order valence-electron chi connectivity index (χ3n) is 3.00. The molecule has 0 aliphatic carbocycles. The second kappa shape index (κ2) is 6.16. The van der Waals surface area contributed by atoms with Crippen molar-refractivity contribution in [2.24, 2.45) is 0 Å². The first kappa shape index (κ1) is 14.0. The normalized spacial score (nSPS) is 18.4. The summed E-state index contributed by atoms with van der Waals surface area (Å²) >= 11 is 3.29. The molecular formula is C13H15BrN2O3. The number of nitrogens with one attached hydrogen (secondary N) is 1. The molecule has 2 amide bonds. The predicted octanol–water partition coefficient (Wildman–Crippen LogP) is 0.772. The van der Waals surface area contributed by atoms with Gasteiger partial charge in [-0.15, -0.1) is 0 Å². The number of hydrogen-bond acceptors (Lipinski definition) is 3. The molecule has 0 unspecified atom stereocenters. The van der Waals surface area contributed by atoms with Gasteiger partial charge in [-0.1, -0.05) is 22.0 Å². The van der Waals surface area contributed by atoms with Crippen LogP contribution in [0.1, 0.15) is 16.8 Å². The second-order valence-corrected chi connectivity index (χ2v) is 5.39. The Morgan fingerprint density at radius 2 is 2.26 bits per heavy atom. The minimum absolute atomic E-state index is 0.0436. The smallest absolute Gasteiger partial charge is 0.251 e. The number of aliphatic hydroxyl groups is 1. The van der Waals surface area contributed by atoms with Crippen molar-refractivity contribution in [3.63, 3.8) is 0 Å². The van der Waals surface area contributed by atoms with Crippen molar-refractivity contribution in [2.45, 2.75) is 12.5 Å². The lowest BCUT2D eigenvalue weighted by molar-refractivity contribution is -0.129. The van der Waals surface area contributed by atoms with Gasteiger partial charge >= 0.3 is 0 Å². The van der Waals surface area contributed by atoms with Gasteiger partial charge < -0.3 is 15.3 Å². The Bertz CT molecular complexity index is 493. The average Bonchev–Trinajstić information content (AvgIpc) is 2.82. The number of aliphatic hydroxyl groups excluding tert-OH is 1. The summed E-state index contributed by atoms with van der Waals surface area (Å²) in [4.78, 5) is 25.2. The summed E-state index contributed by atoms with van der Waals surface area (Å²) in [5.74, 6) is -0.450. The number of amides is 2. The summed E-state index contributed by atoms with van der Waals surface area (Å²) in [6.45, 7) is 0.858. The molecule has 2 N–H and O–H groups in total. The summed E-state index contributed by atoms with van der Waals surface area (Å²) in [6, 6.07) is 6.97. The number of rotatable bonds is 3. The van der Waals surface area contributed by atoms with Gasteiger partial charge in [-0.2, -0.15) is 0 Å². The van der Waals surface area contributed by atoms with Crippen molar-refractivity contribution < 1.29 is 14.7 Å². The van der Waals surface area contributed by atoms with E-state index in [1.807, 2.05) is 6.07 Å². The Labute approximate surface area is 119 Å². The predicted molar refractivity (Wildman–Crippen MR) is 73.7 cm³/mol. The fraction of sp³-hybridized carbons (Fsp3) is 0.385. The van der Waals surface area contributed by atoms with E-state index in [9.17, 15) is 14.7 Å². The molecule has 5 nitrogen and oxygen atoms in total. The molecule has 19 heavy (non-hydrogen) atoms. The summed E-state index contributed by atoms with van der Waals surface area (Å²) in [5.41, 5.74) is 0.503. The van der Waals surface area contributed by atoms with E-state index in [1.54, 1.807) is 23.1 Å². The largest absolute Gasteiger partial charge is 0.391 e. The fourth-order valence-corrected chi connectivity index (χ4v) is 2.37. The Morgan fingerprint density at radius 3 is 2.89 bits per heavy atom. The van der Waals surface area contributed by atoms with Crippen molar-refractivity contribution in [3.05, 3.63) is 34.3 Å². The first-order valence-corrected chi connectivity index (χ1v) is 6.85. The molecular weight excluding hydrogens is 312 g/mol. The van der Waals surface area contributed by atoms with Gasteiger partial charge in [0.15, 0.2) is 0 Å². The van der Waals surface area contributed by atoms with Crippen LogP contribution in [-0.2, 0) is 4.79 Å². The average molecular weight is 327 g/mol. The maximum Gasteiger partial charge on any atom is 0.251 e. The third kappa shape index (κ3) is 3.78. The molecule has 0 saturated carbocycles. The number of nitrogens with zero attached hydrogens (tertiary/aromatic N) is 1. The number of carbonyl (C=O) groups excluding carboxylic acids is 2.